The molecule has 0 bridgehead atoms. The average molecular weight is 377 g/mol. The van der Waals surface area contributed by atoms with E-state index in [-0.39, 0.29) is 29.0 Å². The number of rotatable bonds is 5. The molecule has 0 fully saturated rings. The number of anilines is 1. The fourth-order valence-corrected chi connectivity index (χ4v) is 2.88. The van der Waals surface area contributed by atoms with Crippen LogP contribution in [0.2, 0.25) is 0 Å². The molecule has 1 heterocycles. The molecule has 0 saturated heterocycles. The maximum atomic E-state index is 12.8. The molecule has 0 aromatic heterocycles. The highest BCUT2D eigenvalue weighted by Crippen LogP contribution is 2.36. The minimum absolute atomic E-state index is 0.0247. The normalized spacial score (nSPS) is 13.7. The fraction of sp³-hybridized carbons (Fsp3) is 0.211. The van der Waals surface area contributed by atoms with Gasteiger partial charge in [-0.05, 0) is 36.2 Å². The number of nitrogens with zero attached hydrogens (tertiary/aromatic N) is 1. The van der Waals surface area contributed by atoms with Crippen molar-refractivity contribution < 1.29 is 32.3 Å². The van der Waals surface area contributed by atoms with Crippen LogP contribution in [0.1, 0.15) is 31.8 Å². The second-order valence-corrected chi connectivity index (χ2v) is 6.02. The van der Waals surface area contributed by atoms with Crippen LogP contribution in [0.3, 0.4) is 0 Å². The molecule has 0 spiro atoms. The molecule has 0 atom stereocenters. The molecule has 0 radical (unpaired) electrons. The topological polar surface area (TPSA) is 63.7 Å². The Balaban J connectivity index is 1.99. The Morgan fingerprint density at radius 3 is 2.22 bits per heavy atom. The molecule has 27 heavy (non-hydrogen) atoms. The van der Waals surface area contributed by atoms with E-state index in [2.05, 4.69) is 0 Å². The van der Waals surface area contributed by atoms with Crippen molar-refractivity contribution in [1.82, 2.24) is 0 Å². The molecule has 2 amide bonds. The van der Waals surface area contributed by atoms with Gasteiger partial charge in [0.05, 0.1) is 16.8 Å². The minimum atomic E-state index is -4.57. The summed E-state index contributed by atoms with van der Waals surface area (Å²) in [6.45, 7) is 0.0264. The number of benzene rings is 2. The van der Waals surface area contributed by atoms with Gasteiger partial charge in [-0.1, -0.05) is 18.2 Å². The maximum Gasteiger partial charge on any atom is 0.422 e. The summed E-state index contributed by atoms with van der Waals surface area (Å²) in [7, 11) is 0. The van der Waals surface area contributed by atoms with Gasteiger partial charge in [-0.3, -0.25) is 9.59 Å². The third-order valence-electron chi connectivity index (χ3n) is 4.11. The zero-order valence-electron chi connectivity index (χ0n) is 14.2. The van der Waals surface area contributed by atoms with Crippen molar-refractivity contribution in [2.45, 2.75) is 19.5 Å². The Kier molecular flexibility index (Phi) is 4.73. The maximum absolute atomic E-state index is 12.8. The monoisotopic (exact) mass is 377 g/mol. The molecule has 0 saturated carbocycles. The second kappa shape index (κ2) is 6.86. The minimum Gasteiger partial charge on any atom is -0.483 e. The largest absolute Gasteiger partial charge is 0.483 e. The molecule has 140 valence electrons. The van der Waals surface area contributed by atoms with Gasteiger partial charge in [0.2, 0.25) is 0 Å². The first-order valence-corrected chi connectivity index (χ1v) is 7.97. The van der Waals surface area contributed by atoms with Gasteiger partial charge in [-0.15, -0.1) is 0 Å². The molecule has 2 aromatic rings. The van der Waals surface area contributed by atoms with E-state index in [1.54, 1.807) is 19.1 Å². The Morgan fingerprint density at radius 1 is 1.00 bits per heavy atom. The molecule has 5 nitrogen and oxygen atoms in total. The number of aryl methyl sites for hydroxylation is 1. The van der Waals surface area contributed by atoms with Crippen molar-refractivity contribution in [2.24, 2.45) is 0 Å². The van der Waals surface area contributed by atoms with E-state index in [0.29, 0.717) is 11.1 Å². The number of alkyl halides is 3. The molecule has 1 aliphatic rings. The lowest BCUT2D eigenvalue weighted by Crippen LogP contribution is -2.29. The quantitative estimate of drug-likeness (QED) is 0.591. The fourth-order valence-electron chi connectivity index (χ4n) is 2.88. The van der Waals surface area contributed by atoms with Crippen LogP contribution in [-0.4, -0.2) is 30.9 Å². The predicted octanol–water partition coefficient (Wildman–Crippen LogP) is 3.48. The van der Waals surface area contributed by atoms with E-state index in [9.17, 15) is 27.6 Å². The number of carbonyl (C=O) groups excluding carboxylic acids is 3. The molecule has 0 aliphatic carbocycles. The summed E-state index contributed by atoms with van der Waals surface area (Å²) < 4.78 is 42.2. The first-order valence-electron chi connectivity index (χ1n) is 7.97. The van der Waals surface area contributed by atoms with Gasteiger partial charge >= 0.3 is 6.18 Å². The number of halogens is 3. The zero-order valence-corrected chi connectivity index (χ0v) is 14.2. The van der Waals surface area contributed by atoms with Crippen molar-refractivity contribution in [3.63, 3.8) is 0 Å². The van der Waals surface area contributed by atoms with E-state index >= 15 is 0 Å². The first kappa shape index (κ1) is 18.6. The molecule has 8 heteroatoms. The van der Waals surface area contributed by atoms with Crippen molar-refractivity contribution >= 4 is 23.8 Å². The van der Waals surface area contributed by atoms with Gasteiger partial charge < -0.3 is 9.53 Å². The van der Waals surface area contributed by atoms with Crippen LogP contribution < -0.4 is 9.64 Å². The second-order valence-electron chi connectivity index (χ2n) is 6.02. The van der Waals surface area contributed by atoms with Crippen molar-refractivity contribution in [2.75, 3.05) is 11.5 Å². The molecule has 2 aromatic carbocycles. The Bertz CT molecular complexity index is 920. The number of carbonyl (C=O) groups is 3. The number of fused-ring (bicyclic) bond motifs is 1. The van der Waals surface area contributed by atoms with Gasteiger partial charge in [0, 0.05) is 6.42 Å². The summed E-state index contributed by atoms with van der Waals surface area (Å²) >= 11 is 0. The molecular weight excluding hydrogens is 363 g/mol. The average Bonchev–Trinajstić information content (AvgIpc) is 2.87. The highest BCUT2D eigenvalue weighted by Gasteiger charge is 2.41. The van der Waals surface area contributed by atoms with Crippen molar-refractivity contribution in [3.05, 3.63) is 58.7 Å². The Labute approximate surface area is 152 Å². The van der Waals surface area contributed by atoms with Crippen LogP contribution in [0.5, 0.6) is 5.75 Å². The number of hydrogen-bond acceptors (Lipinski definition) is 4. The molecule has 1 aliphatic heterocycles. The van der Waals surface area contributed by atoms with Gasteiger partial charge in [0.1, 0.15) is 12.0 Å². The van der Waals surface area contributed by atoms with Gasteiger partial charge in [-0.25, -0.2) is 4.90 Å². The molecular formula is C19H14F3NO4. The lowest BCUT2D eigenvalue weighted by Gasteiger charge is -2.14. The molecule has 3 rings (SSSR count). The highest BCUT2D eigenvalue weighted by atomic mass is 19.4. The first-order chi connectivity index (χ1) is 12.7. The van der Waals surface area contributed by atoms with E-state index in [0.717, 1.165) is 11.2 Å². The molecule has 0 N–H and O–H groups in total. The van der Waals surface area contributed by atoms with Gasteiger partial charge in [0.25, 0.3) is 11.8 Å². The lowest BCUT2D eigenvalue weighted by atomic mass is 10.0. The van der Waals surface area contributed by atoms with E-state index < -0.39 is 24.6 Å². The summed E-state index contributed by atoms with van der Waals surface area (Å²) in [5, 5.41) is 0. The number of hydrogen-bond donors (Lipinski definition) is 0. The summed E-state index contributed by atoms with van der Waals surface area (Å²) in [5.41, 5.74) is 1.27. The number of ether oxygens (including phenoxy) is 1. The van der Waals surface area contributed by atoms with Gasteiger partial charge in [-0.2, -0.15) is 13.2 Å². The lowest BCUT2D eigenvalue weighted by molar-refractivity contribution is -0.153. The standard InChI is InChI=1S/C19H14F3NO4/c1-11-2-7-14(27-10-19(20,21)22)16-15(11)17(25)23(18(16)26)13-5-3-12(4-6-13)8-9-24/h2-7,9H,8,10H2,1H3. The van der Waals surface area contributed by atoms with E-state index in [1.807, 2.05) is 0 Å². The van der Waals surface area contributed by atoms with Crippen LogP contribution in [0, 0.1) is 6.92 Å². The molecule has 0 unspecified atom stereocenters. The van der Waals surface area contributed by atoms with Crippen LogP contribution >= 0.6 is 0 Å². The van der Waals surface area contributed by atoms with Crippen molar-refractivity contribution in [1.29, 1.82) is 0 Å². The zero-order chi connectivity index (χ0) is 19.8. The van der Waals surface area contributed by atoms with Crippen LogP contribution in [0.4, 0.5) is 18.9 Å². The van der Waals surface area contributed by atoms with Crippen LogP contribution in [0.25, 0.3) is 0 Å². The van der Waals surface area contributed by atoms with Crippen LogP contribution in [0.15, 0.2) is 36.4 Å². The third-order valence-corrected chi connectivity index (χ3v) is 4.11. The third kappa shape index (κ3) is 3.55. The van der Waals surface area contributed by atoms with E-state index in [1.165, 1.54) is 24.3 Å². The van der Waals surface area contributed by atoms with Crippen LogP contribution in [-0.2, 0) is 11.2 Å². The Morgan fingerprint density at radius 2 is 1.63 bits per heavy atom. The van der Waals surface area contributed by atoms with Crippen molar-refractivity contribution in [3.8, 4) is 5.75 Å². The summed E-state index contributed by atoms with van der Waals surface area (Å²) in [4.78, 5) is 37.0. The smallest absolute Gasteiger partial charge is 0.422 e. The Hall–Kier alpha value is -3.16. The summed E-state index contributed by atoms with van der Waals surface area (Å²) in [5.74, 6) is -1.67. The number of imide groups is 1. The summed E-state index contributed by atoms with van der Waals surface area (Å²) in [6.07, 6.45) is -3.65. The SMILES string of the molecule is Cc1ccc(OCC(F)(F)F)c2c1C(=O)N(c1ccc(CC=O)cc1)C2=O. The predicted molar refractivity (Wildman–Crippen MR) is 90.1 cm³/mol. The number of aldehydes is 1. The highest BCUT2D eigenvalue weighted by molar-refractivity contribution is 6.35. The van der Waals surface area contributed by atoms with Gasteiger partial charge in [0.15, 0.2) is 6.61 Å². The summed E-state index contributed by atoms with van der Waals surface area (Å²) in [6, 6.07) is 8.90. The number of amides is 2. The van der Waals surface area contributed by atoms with E-state index in [4.69, 9.17) is 4.74 Å².